The summed E-state index contributed by atoms with van der Waals surface area (Å²) in [5, 5.41) is 6.11. The van der Waals surface area contributed by atoms with Gasteiger partial charge in [0.1, 0.15) is 0 Å². The molecule has 0 saturated heterocycles. The lowest BCUT2D eigenvalue weighted by Gasteiger charge is -2.04. The first-order chi connectivity index (χ1) is 13.6. The van der Waals surface area contributed by atoms with E-state index < -0.39 is 0 Å². The third-order valence-corrected chi connectivity index (χ3v) is 5.01. The van der Waals surface area contributed by atoms with Crippen LogP contribution < -0.4 is 16.4 Å². The average Bonchev–Trinajstić information content (AvgIpc) is 3.10. The number of nitrogen functional groups attached to an aromatic ring is 1. The normalized spacial score (nSPS) is 10.6. The minimum absolute atomic E-state index is 0.200. The second-order valence-electron chi connectivity index (χ2n) is 6.10. The Kier molecular flexibility index (Phi) is 4.74. The number of benzene rings is 3. The number of aromatic nitrogens is 1. The number of amides is 2. The standard InChI is InChI=1S/C21H16N4O2S/c22-15-9-6-13(7-10-15)19(26)25-21-24-17-11-8-14(12-18(17)28-21)20(27)23-16-4-2-1-3-5-16/h1-12H,22H2,(H,23,27)(H,24,25,26). The molecule has 0 aliphatic rings. The summed E-state index contributed by atoms with van der Waals surface area (Å²) in [7, 11) is 0. The van der Waals surface area contributed by atoms with Gasteiger partial charge in [0.25, 0.3) is 11.8 Å². The quantitative estimate of drug-likeness (QED) is 0.452. The molecule has 0 atom stereocenters. The Labute approximate surface area is 165 Å². The summed E-state index contributed by atoms with van der Waals surface area (Å²) in [6.45, 7) is 0. The Bertz CT molecular complexity index is 1150. The fourth-order valence-corrected chi connectivity index (χ4v) is 3.55. The number of hydrogen-bond acceptors (Lipinski definition) is 5. The SMILES string of the molecule is Nc1ccc(C(=O)Nc2nc3ccc(C(=O)Nc4ccccc4)cc3s2)cc1. The molecule has 1 heterocycles. The number of anilines is 3. The lowest BCUT2D eigenvalue weighted by Crippen LogP contribution is -2.11. The number of para-hydroxylation sites is 1. The van der Waals surface area contributed by atoms with Crippen LogP contribution in [0.2, 0.25) is 0 Å². The molecule has 0 saturated carbocycles. The van der Waals surface area contributed by atoms with Crippen LogP contribution in [0.3, 0.4) is 0 Å². The summed E-state index contributed by atoms with van der Waals surface area (Å²) in [5.74, 6) is -0.463. The predicted octanol–water partition coefficient (Wildman–Crippen LogP) is 4.38. The Hall–Kier alpha value is -3.71. The van der Waals surface area contributed by atoms with Crippen LogP contribution in [-0.4, -0.2) is 16.8 Å². The maximum Gasteiger partial charge on any atom is 0.257 e. The van der Waals surface area contributed by atoms with Gasteiger partial charge in [-0.3, -0.25) is 14.9 Å². The van der Waals surface area contributed by atoms with Gasteiger partial charge in [0.2, 0.25) is 0 Å². The first-order valence-corrected chi connectivity index (χ1v) is 9.34. The van der Waals surface area contributed by atoms with Crippen LogP contribution >= 0.6 is 11.3 Å². The molecule has 0 aliphatic heterocycles. The van der Waals surface area contributed by atoms with E-state index in [1.165, 1.54) is 11.3 Å². The van der Waals surface area contributed by atoms with E-state index in [0.29, 0.717) is 27.5 Å². The number of carbonyl (C=O) groups excluding carboxylic acids is 2. The van der Waals surface area contributed by atoms with Crippen LogP contribution in [0.5, 0.6) is 0 Å². The first-order valence-electron chi connectivity index (χ1n) is 8.52. The number of rotatable bonds is 4. The summed E-state index contributed by atoms with van der Waals surface area (Å²) in [4.78, 5) is 29.2. The largest absolute Gasteiger partial charge is 0.399 e. The van der Waals surface area contributed by atoms with Gasteiger partial charge in [-0.25, -0.2) is 4.98 Å². The third kappa shape index (κ3) is 3.84. The molecular weight excluding hydrogens is 372 g/mol. The van der Waals surface area contributed by atoms with Crippen molar-refractivity contribution >= 4 is 49.9 Å². The Morgan fingerprint density at radius 2 is 1.50 bits per heavy atom. The highest BCUT2D eigenvalue weighted by Gasteiger charge is 2.12. The topological polar surface area (TPSA) is 97.1 Å². The smallest absolute Gasteiger partial charge is 0.257 e. The van der Waals surface area contributed by atoms with E-state index in [2.05, 4.69) is 15.6 Å². The number of nitrogens with one attached hydrogen (secondary N) is 2. The lowest BCUT2D eigenvalue weighted by molar-refractivity contribution is 0.101. The minimum atomic E-state index is -0.263. The van der Waals surface area contributed by atoms with E-state index in [1.807, 2.05) is 30.3 Å². The number of nitrogens with zero attached hydrogens (tertiary/aromatic N) is 1. The number of carbonyl (C=O) groups is 2. The molecule has 4 aromatic rings. The van der Waals surface area contributed by atoms with Gasteiger partial charge in [0.15, 0.2) is 5.13 Å². The van der Waals surface area contributed by atoms with Crippen molar-refractivity contribution in [1.82, 2.24) is 4.98 Å². The van der Waals surface area contributed by atoms with Gasteiger partial charge in [-0.2, -0.15) is 0 Å². The van der Waals surface area contributed by atoms with Crippen LogP contribution in [0.15, 0.2) is 72.8 Å². The van der Waals surface area contributed by atoms with Crippen LogP contribution in [0, 0.1) is 0 Å². The number of hydrogen-bond donors (Lipinski definition) is 3. The minimum Gasteiger partial charge on any atom is -0.399 e. The van der Waals surface area contributed by atoms with Crippen molar-refractivity contribution in [2.24, 2.45) is 0 Å². The van der Waals surface area contributed by atoms with Gasteiger partial charge in [0.05, 0.1) is 10.2 Å². The van der Waals surface area contributed by atoms with Crippen molar-refractivity contribution in [3.05, 3.63) is 83.9 Å². The highest BCUT2D eigenvalue weighted by atomic mass is 32.1. The highest BCUT2D eigenvalue weighted by molar-refractivity contribution is 7.22. The fraction of sp³-hybridized carbons (Fsp3) is 0. The van der Waals surface area contributed by atoms with Crippen molar-refractivity contribution < 1.29 is 9.59 Å². The summed E-state index contributed by atoms with van der Waals surface area (Å²) < 4.78 is 0.813. The summed E-state index contributed by atoms with van der Waals surface area (Å²) >= 11 is 1.31. The molecule has 138 valence electrons. The molecular formula is C21H16N4O2S. The molecule has 2 amide bonds. The van der Waals surface area contributed by atoms with Gasteiger partial charge in [0, 0.05) is 22.5 Å². The van der Waals surface area contributed by atoms with Crippen LogP contribution in [0.4, 0.5) is 16.5 Å². The van der Waals surface area contributed by atoms with Gasteiger partial charge in [-0.1, -0.05) is 29.5 Å². The summed E-state index contributed by atoms with van der Waals surface area (Å²) in [5.41, 5.74) is 8.71. The van der Waals surface area contributed by atoms with Crippen molar-refractivity contribution in [3.63, 3.8) is 0 Å². The third-order valence-electron chi connectivity index (χ3n) is 4.08. The lowest BCUT2D eigenvalue weighted by atomic mass is 10.2. The zero-order valence-electron chi connectivity index (χ0n) is 14.7. The molecule has 3 aromatic carbocycles. The molecule has 6 nitrogen and oxygen atoms in total. The first kappa shape index (κ1) is 17.7. The Balaban J connectivity index is 1.52. The van der Waals surface area contributed by atoms with E-state index in [1.54, 1.807) is 42.5 Å². The molecule has 4 N–H and O–H groups in total. The maximum absolute atomic E-state index is 12.4. The Morgan fingerprint density at radius 1 is 0.821 bits per heavy atom. The molecule has 4 rings (SSSR count). The van der Waals surface area contributed by atoms with Crippen molar-refractivity contribution in [3.8, 4) is 0 Å². The van der Waals surface area contributed by atoms with Gasteiger partial charge < -0.3 is 11.1 Å². The molecule has 1 aromatic heterocycles. The van der Waals surface area contributed by atoms with Crippen LogP contribution in [-0.2, 0) is 0 Å². The fourth-order valence-electron chi connectivity index (χ4n) is 2.65. The van der Waals surface area contributed by atoms with E-state index in [4.69, 9.17) is 5.73 Å². The van der Waals surface area contributed by atoms with Crippen molar-refractivity contribution in [2.75, 3.05) is 16.4 Å². The number of fused-ring (bicyclic) bond motifs is 1. The molecule has 0 bridgehead atoms. The van der Waals surface area contributed by atoms with Crippen LogP contribution in [0.1, 0.15) is 20.7 Å². The molecule has 0 fully saturated rings. The van der Waals surface area contributed by atoms with E-state index in [9.17, 15) is 9.59 Å². The van der Waals surface area contributed by atoms with E-state index in [-0.39, 0.29) is 11.8 Å². The van der Waals surface area contributed by atoms with Crippen LogP contribution in [0.25, 0.3) is 10.2 Å². The van der Waals surface area contributed by atoms with Crippen molar-refractivity contribution in [2.45, 2.75) is 0 Å². The molecule has 0 aliphatic carbocycles. The zero-order valence-corrected chi connectivity index (χ0v) is 15.5. The highest BCUT2D eigenvalue weighted by Crippen LogP contribution is 2.27. The Morgan fingerprint density at radius 3 is 2.25 bits per heavy atom. The number of thiazole rings is 1. The predicted molar refractivity (Wildman–Crippen MR) is 113 cm³/mol. The second-order valence-corrected chi connectivity index (χ2v) is 7.13. The van der Waals surface area contributed by atoms with Gasteiger partial charge >= 0.3 is 0 Å². The summed E-state index contributed by atoms with van der Waals surface area (Å²) in [6, 6.07) is 21.2. The number of nitrogens with two attached hydrogens (primary N) is 1. The zero-order chi connectivity index (χ0) is 19.5. The maximum atomic E-state index is 12.4. The van der Waals surface area contributed by atoms with E-state index >= 15 is 0 Å². The molecule has 0 spiro atoms. The van der Waals surface area contributed by atoms with Gasteiger partial charge in [-0.05, 0) is 54.6 Å². The molecule has 7 heteroatoms. The molecule has 0 radical (unpaired) electrons. The van der Waals surface area contributed by atoms with Crippen molar-refractivity contribution in [1.29, 1.82) is 0 Å². The molecule has 0 unspecified atom stereocenters. The monoisotopic (exact) mass is 388 g/mol. The molecule has 28 heavy (non-hydrogen) atoms. The average molecular weight is 388 g/mol. The summed E-state index contributed by atoms with van der Waals surface area (Å²) in [6.07, 6.45) is 0. The second kappa shape index (κ2) is 7.50. The van der Waals surface area contributed by atoms with E-state index in [0.717, 1.165) is 10.4 Å². The van der Waals surface area contributed by atoms with Gasteiger partial charge in [-0.15, -0.1) is 0 Å².